The zero-order valence-corrected chi connectivity index (χ0v) is 7.04. The molecular formula is C9H9FO3. The molecule has 0 saturated heterocycles. The molecule has 0 atom stereocenters. The monoisotopic (exact) mass is 184 g/mol. The molecule has 0 amide bonds. The van der Waals surface area contributed by atoms with E-state index in [9.17, 15) is 9.18 Å². The lowest BCUT2D eigenvalue weighted by Crippen LogP contribution is -2.00. The normalized spacial score (nSPS) is 10.0. The van der Waals surface area contributed by atoms with Crippen molar-refractivity contribution in [1.82, 2.24) is 0 Å². The maximum absolute atomic E-state index is 13.0. The van der Waals surface area contributed by atoms with E-state index in [1.165, 1.54) is 0 Å². The zero-order chi connectivity index (χ0) is 10.0. The average Bonchev–Trinajstić information content (AvgIpc) is 2.12. The number of carbonyl (C=O) groups excluding carboxylic acids is 1. The van der Waals surface area contributed by atoms with Gasteiger partial charge in [0.1, 0.15) is 5.82 Å². The van der Waals surface area contributed by atoms with E-state index >= 15 is 0 Å². The van der Waals surface area contributed by atoms with Crippen LogP contribution in [0.5, 0.6) is 11.5 Å². The van der Waals surface area contributed by atoms with Gasteiger partial charge in [-0.25, -0.2) is 4.39 Å². The van der Waals surface area contributed by atoms with Gasteiger partial charge in [0.15, 0.2) is 17.3 Å². The highest BCUT2D eigenvalue weighted by Gasteiger charge is 2.17. The van der Waals surface area contributed by atoms with Crippen LogP contribution in [-0.4, -0.2) is 16.0 Å². The van der Waals surface area contributed by atoms with Gasteiger partial charge in [0, 0.05) is 6.42 Å². The van der Waals surface area contributed by atoms with E-state index in [-0.39, 0.29) is 6.42 Å². The summed E-state index contributed by atoms with van der Waals surface area (Å²) in [4.78, 5) is 11.1. The molecule has 0 aliphatic carbocycles. The van der Waals surface area contributed by atoms with Crippen LogP contribution in [0, 0.1) is 5.82 Å². The molecule has 0 aliphatic heterocycles. The Morgan fingerprint density at radius 2 is 2.08 bits per heavy atom. The first kappa shape index (κ1) is 9.51. The quantitative estimate of drug-likeness (QED) is 0.544. The summed E-state index contributed by atoms with van der Waals surface area (Å²) in [5.41, 5.74) is -0.442. The van der Waals surface area contributed by atoms with Gasteiger partial charge < -0.3 is 10.2 Å². The van der Waals surface area contributed by atoms with E-state index < -0.39 is 28.7 Å². The maximum Gasteiger partial charge on any atom is 0.171 e. The van der Waals surface area contributed by atoms with Crippen molar-refractivity contribution in [3.8, 4) is 11.5 Å². The molecule has 0 aromatic heterocycles. The summed E-state index contributed by atoms with van der Waals surface area (Å²) in [6.45, 7) is 1.55. The fourth-order valence-corrected chi connectivity index (χ4v) is 0.998. The lowest BCUT2D eigenvalue weighted by molar-refractivity contribution is 0.0980. The first-order valence-electron chi connectivity index (χ1n) is 3.81. The molecule has 0 unspecified atom stereocenters. The smallest absolute Gasteiger partial charge is 0.171 e. The molecule has 0 spiro atoms. The van der Waals surface area contributed by atoms with Crippen molar-refractivity contribution in [1.29, 1.82) is 0 Å². The largest absolute Gasteiger partial charge is 0.504 e. The lowest BCUT2D eigenvalue weighted by Gasteiger charge is -2.04. The Bertz CT molecular complexity index is 347. The van der Waals surface area contributed by atoms with Crippen molar-refractivity contribution in [2.75, 3.05) is 0 Å². The van der Waals surface area contributed by atoms with Gasteiger partial charge in [0.2, 0.25) is 0 Å². The Kier molecular flexibility index (Phi) is 2.51. The van der Waals surface area contributed by atoms with Gasteiger partial charge in [-0.1, -0.05) is 6.92 Å². The van der Waals surface area contributed by atoms with E-state index in [0.29, 0.717) is 0 Å². The van der Waals surface area contributed by atoms with Crippen molar-refractivity contribution >= 4 is 5.78 Å². The number of hydrogen-bond donors (Lipinski definition) is 2. The second kappa shape index (κ2) is 3.43. The van der Waals surface area contributed by atoms with Crippen molar-refractivity contribution in [3.05, 3.63) is 23.5 Å². The Morgan fingerprint density at radius 1 is 1.46 bits per heavy atom. The molecule has 1 aromatic rings. The standard InChI is InChI=1S/C9H9FO3/c1-2-6(11)8-5(10)3-4-7(12)9(8)13/h3-4,12-13H,2H2,1H3. The number of phenols is 2. The van der Waals surface area contributed by atoms with Crippen LogP contribution < -0.4 is 0 Å². The summed E-state index contributed by atoms with van der Waals surface area (Å²) in [7, 11) is 0. The molecule has 13 heavy (non-hydrogen) atoms. The van der Waals surface area contributed by atoms with E-state index in [1.54, 1.807) is 6.92 Å². The molecule has 0 aliphatic rings. The van der Waals surface area contributed by atoms with Gasteiger partial charge in [0.05, 0.1) is 5.56 Å². The summed E-state index contributed by atoms with van der Waals surface area (Å²) in [6, 6.07) is 1.94. The van der Waals surface area contributed by atoms with Gasteiger partial charge in [-0.05, 0) is 12.1 Å². The fourth-order valence-electron chi connectivity index (χ4n) is 0.998. The topological polar surface area (TPSA) is 57.5 Å². The zero-order valence-electron chi connectivity index (χ0n) is 7.04. The third-order valence-corrected chi connectivity index (χ3v) is 1.71. The molecule has 0 heterocycles. The van der Waals surface area contributed by atoms with Crippen molar-refractivity contribution in [2.45, 2.75) is 13.3 Å². The van der Waals surface area contributed by atoms with E-state index in [4.69, 9.17) is 10.2 Å². The Balaban J connectivity index is 3.33. The molecule has 2 N–H and O–H groups in total. The Hall–Kier alpha value is -1.58. The lowest BCUT2D eigenvalue weighted by atomic mass is 10.1. The second-order valence-corrected chi connectivity index (χ2v) is 2.57. The number of Topliss-reactive ketones (excluding diaryl/α,β-unsaturated/α-hetero) is 1. The summed E-state index contributed by atoms with van der Waals surface area (Å²) in [5, 5.41) is 18.2. The number of halogens is 1. The van der Waals surface area contributed by atoms with Crippen LogP contribution in [0.25, 0.3) is 0 Å². The Morgan fingerprint density at radius 3 is 2.62 bits per heavy atom. The number of phenolic OH excluding ortho intramolecular Hbond substituents is 2. The first-order chi connectivity index (χ1) is 6.07. The summed E-state index contributed by atoms with van der Waals surface area (Å²) in [5.74, 6) is -2.53. The van der Waals surface area contributed by atoms with Crippen LogP contribution in [0.1, 0.15) is 23.7 Å². The average molecular weight is 184 g/mol. The minimum Gasteiger partial charge on any atom is -0.504 e. The predicted molar refractivity (Wildman–Crippen MR) is 44.4 cm³/mol. The molecule has 0 saturated carbocycles. The predicted octanol–water partition coefficient (Wildman–Crippen LogP) is 1.83. The third kappa shape index (κ3) is 1.61. The van der Waals surface area contributed by atoms with Crippen molar-refractivity contribution < 1.29 is 19.4 Å². The number of ketones is 1. The molecule has 0 radical (unpaired) electrons. The van der Waals surface area contributed by atoms with Crippen LogP contribution in [-0.2, 0) is 0 Å². The molecule has 1 rings (SSSR count). The number of aromatic hydroxyl groups is 2. The van der Waals surface area contributed by atoms with E-state index in [1.807, 2.05) is 0 Å². The maximum atomic E-state index is 13.0. The van der Waals surface area contributed by atoms with Gasteiger partial charge in [0.25, 0.3) is 0 Å². The molecule has 3 nitrogen and oxygen atoms in total. The fraction of sp³-hybridized carbons (Fsp3) is 0.222. The van der Waals surface area contributed by atoms with E-state index in [2.05, 4.69) is 0 Å². The van der Waals surface area contributed by atoms with E-state index in [0.717, 1.165) is 12.1 Å². The van der Waals surface area contributed by atoms with Gasteiger partial charge >= 0.3 is 0 Å². The van der Waals surface area contributed by atoms with Gasteiger partial charge in [-0.2, -0.15) is 0 Å². The summed E-state index contributed by atoms with van der Waals surface area (Å²) in [6.07, 6.45) is 0.0773. The minimum atomic E-state index is -0.817. The van der Waals surface area contributed by atoms with Crippen LogP contribution >= 0.6 is 0 Å². The minimum absolute atomic E-state index is 0.0773. The molecule has 0 bridgehead atoms. The van der Waals surface area contributed by atoms with Gasteiger partial charge in [-0.15, -0.1) is 0 Å². The number of carbonyl (C=O) groups is 1. The van der Waals surface area contributed by atoms with Crippen LogP contribution in [0.2, 0.25) is 0 Å². The third-order valence-electron chi connectivity index (χ3n) is 1.71. The molecule has 1 aromatic carbocycles. The second-order valence-electron chi connectivity index (χ2n) is 2.57. The Labute approximate surface area is 74.4 Å². The summed E-state index contributed by atoms with van der Waals surface area (Å²) >= 11 is 0. The van der Waals surface area contributed by atoms with Crippen LogP contribution in [0.3, 0.4) is 0 Å². The van der Waals surface area contributed by atoms with Crippen LogP contribution in [0.4, 0.5) is 4.39 Å². The number of rotatable bonds is 2. The molecule has 0 fully saturated rings. The van der Waals surface area contributed by atoms with Crippen molar-refractivity contribution in [3.63, 3.8) is 0 Å². The number of benzene rings is 1. The SMILES string of the molecule is CCC(=O)c1c(F)ccc(O)c1O. The molecule has 70 valence electrons. The molecule has 4 heteroatoms. The molecular weight excluding hydrogens is 175 g/mol. The van der Waals surface area contributed by atoms with Gasteiger partial charge in [-0.3, -0.25) is 4.79 Å². The van der Waals surface area contributed by atoms with Crippen molar-refractivity contribution in [2.24, 2.45) is 0 Å². The summed E-state index contributed by atoms with van der Waals surface area (Å²) < 4.78 is 13.0. The van der Waals surface area contributed by atoms with Crippen LogP contribution in [0.15, 0.2) is 12.1 Å². The highest BCUT2D eigenvalue weighted by Crippen LogP contribution is 2.31. The highest BCUT2D eigenvalue weighted by molar-refractivity contribution is 5.99. The first-order valence-corrected chi connectivity index (χ1v) is 3.81. The number of hydrogen-bond acceptors (Lipinski definition) is 3. The highest BCUT2D eigenvalue weighted by atomic mass is 19.1.